The third-order valence-corrected chi connectivity index (χ3v) is 5.40. The van der Waals surface area contributed by atoms with Crippen molar-refractivity contribution in [2.24, 2.45) is 0 Å². The van der Waals surface area contributed by atoms with Gasteiger partial charge in [-0.2, -0.15) is 0 Å². The second kappa shape index (κ2) is 5.97. The van der Waals surface area contributed by atoms with E-state index < -0.39 is 52.8 Å². The average Bonchev–Trinajstić information content (AvgIpc) is 2.92. The van der Waals surface area contributed by atoms with Gasteiger partial charge >= 0.3 is 11.9 Å². The van der Waals surface area contributed by atoms with Crippen LogP contribution in [0, 0.1) is 0 Å². The number of rotatable bonds is 6. The summed E-state index contributed by atoms with van der Waals surface area (Å²) >= 11 is -2.81. The number of hydrogen-bond acceptors (Lipinski definition) is 8. The van der Waals surface area contributed by atoms with Gasteiger partial charge in [0.2, 0.25) is 0 Å². The summed E-state index contributed by atoms with van der Waals surface area (Å²) in [5.41, 5.74) is -3.63. The summed E-state index contributed by atoms with van der Waals surface area (Å²) < 4.78 is 43.1. The lowest BCUT2D eigenvalue weighted by Crippen LogP contribution is -2.65. The first-order chi connectivity index (χ1) is 10.6. The van der Waals surface area contributed by atoms with Crippen LogP contribution in [0.1, 0.15) is 33.6 Å². The van der Waals surface area contributed by atoms with Crippen molar-refractivity contribution in [3.05, 3.63) is 12.7 Å². The molecular weight excluding hydrogens is 328 g/mol. The van der Waals surface area contributed by atoms with Crippen molar-refractivity contribution < 1.29 is 36.7 Å². The Balaban J connectivity index is 2.21. The molecule has 0 aliphatic carbocycles. The van der Waals surface area contributed by atoms with Gasteiger partial charge in [0.05, 0.1) is 17.5 Å². The van der Waals surface area contributed by atoms with Crippen LogP contribution in [0.2, 0.25) is 0 Å². The highest BCUT2D eigenvalue weighted by Crippen LogP contribution is 2.58. The van der Waals surface area contributed by atoms with Crippen LogP contribution in [-0.4, -0.2) is 50.2 Å². The lowest BCUT2D eigenvalue weighted by Gasteiger charge is -2.48. The van der Waals surface area contributed by atoms with Crippen molar-refractivity contribution in [3.63, 3.8) is 0 Å². The van der Waals surface area contributed by atoms with Crippen LogP contribution in [0.4, 0.5) is 0 Å². The molecule has 0 aromatic heterocycles. The molecule has 8 nitrogen and oxygen atoms in total. The molecule has 0 saturated carbocycles. The average molecular weight is 347 g/mol. The molecule has 2 bridgehead atoms. The van der Waals surface area contributed by atoms with Crippen molar-refractivity contribution in [1.82, 2.24) is 0 Å². The molecule has 2 heterocycles. The predicted molar refractivity (Wildman–Crippen MR) is 76.6 cm³/mol. The quantitative estimate of drug-likeness (QED) is 0.389. The Morgan fingerprint density at radius 2 is 2.09 bits per heavy atom. The van der Waals surface area contributed by atoms with E-state index in [2.05, 4.69) is 11.3 Å². The minimum absolute atomic E-state index is 0.529. The van der Waals surface area contributed by atoms with Crippen LogP contribution >= 0.6 is 0 Å². The third-order valence-electron chi connectivity index (χ3n) is 4.91. The molecule has 5 unspecified atom stereocenters. The van der Waals surface area contributed by atoms with Crippen molar-refractivity contribution in [1.29, 1.82) is 0 Å². The molecule has 2 fully saturated rings. The topological polar surface area (TPSA) is 111 Å². The van der Waals surface area contributed by atoms with Crippen LogP contribution < -0.4 is 0 Å². The Bertz CT molecular complexity index is 563. The SMILES string of the molecule is C=CC(=O)OCC(=O)OC1(C)C2(C)CCC(O2)C1(C)OS(=O)[O-]. The van der Waals surface area contributed by atoms with Crippen molar-refractivity contribution in [2.45, 2.75) is 56.5 Å². The number of carbonyl (C=O) groups is 2. The zero-order valence-corrected chi connectivity index (χ0v) is 14.0. The van der Waals surface area contributed by atoms with Crippen LogP contribution in [0.5, 0.6) is 0 Å². The molecule has 5 atom stereocenters. The Hall–Kier alpha value is -1.29. The fourth-order valence-electron chi connectivity index (χ4n) is 3.34. The lowest BCUT2D eigenvalue weighted by molar-refractivity contribution is -0.202. The zero-order chi connectivity index (χ0) is 17.5. The Morgan fingerprint density at radius 1 is 1.43 bits per heavy atom. The highest BCUT2D eigenvalue weighted by Gasteiger charge is 2.74. The van der Waals surface area contributed by atoms with Crippen molar-refractivity contribution in [2.75, 3.05) is 6.61 Å². The van der Waals surface area contributed by atoms with Crippen LogP contribution in [0.3, 0.4) is 0 Å². The van der Waals surface area contributed by atoms with Gasteiger partial charge in [-0.3, -0.25) is 4.18 Å². The molecule has 2 aliphatic rings. The molecule has 0 spiro atoms. The minimum atomic E-state index is -2.81. The zero-order valence-electron chi connectivity index (χ0n) is 13.2. The second-order valence-electron chi connectivity index (χ2n) is 6.09. The van der Waals surface area contributed by atoms with Gasteiger partial charge in [0.1, 0.15) is 11.2 Å². The van der Waals surface area contributed by atoms with E-state index in [0.29, 0.717) is 12.8 Å². The van der Waals surface area contributed by atoms with Gasteiger partial charge in [-0.1, -0.05) is 6.58 Å². The lowest BCUT2D eigenvalue weighted by atomic mass is 9.67. The highest BCUT2D eigenvalue weighted by atomic mass is 32.2. The molecular formula is C14H19O8S-. The van der Waals surface area contributed by atoms with Crippen LogP contribution in [-0.2, 0) is 39.3 Å². The van der Waals surface area contributed by atoms with E-state index in [-0.39, 0.29) is 0 Å². The van der Waals surface area contributed by atoms with Gasteiger partial charge in [0.15, 0.2) is 12.2 Å². The van der Waals surface area contributed by atoms with E-state index in [0.717, 1.165) is 6.08 Å². The fraction of sp³-hybridized carbons (Fsp3) is 0.714. The summed E-state index contributed by atoms with van der Waals surface area (Å²) in [6, 6.07) is 0. The number of esters is 2. The largest absolute Gasteiger partial charge is 0.750 e. The molecule has 0 aromatic carbocycles. The van der Waals surface area contributed by atoms with Crippen molar-refractivity contribution in [3.8, 4) is 0 Å². The molecule has 0 aromatic rings. The summed E-state index contributed by atoms with van der Waals surface area (Å²) in [6.45, 7) is 7.43. The first kappa shape index (κ1) is 18.1. The number of carbonyl (C=O) groups excluding carboxylic acids is 2. The maximum atomic E-state index is 12.0. The van der Waals surface area contributed by atoms with E-state index >= 15 is 0 Å². The van der Waals surface area contributed by atoms with Crippen molar-refractivity contribution >= 4 is 23.3 Å². The summed E-state index contributed by atoms with van der Waals surface area (Å²) in [6.07, 6.45) is 1.56. The Kier molecular flexibility index (Phi) is 4.69. The van der Waals surface area contributed by atoms with Gasteiger partial charge in [-0.15, -0.1) is 0 Å². The smallest absolute Gasteiger partial charge is 0.345 e. The maximum absolute atomic E-state index is 12.0. The predicted octanol–water partition coefficient (Wildman–Crippen LogP) is 0.538. The van der Waals surface area contributed by atoms with Crippen LogP contribution in [0.25, 0.3) is 0 Å². The number of fused-ring (bicyclic) bond motifs is 2. The molecule has 2 aliphatic heterocycles. The molecule has 2 rings (SSSR count). The highest BCUT2D eigenvalue weighted by molar-refractivity contribution is 7.74. The van der Waals surface area contributed by atoms with E-state index in [1.165, 1.54) is 6.92 Å². The number of hydrogen-bond donors (Lipinski definition) is 0. The van der Waals surface area contributed by atoms with Gasteiger partial charge < -0.3 is 18.8 Å². The first-order valence-corrected chi connectivity index (χ1v) is 8.05. The maximum Gasteiger partial charge on any atom is 0.345 e. The second-order valence-corrected chi connectivity index (χ2v) is 6.66. The minimum Gasteiger partial charge on any atom is -0.750 e. The van der Waals surface area contributed by atoms with E-state index in [1.54, 1.807) is 13.8 Å². The summed E-state index contributed by atoms with van der Waals surface area (Å²) in [7, 11) is 0. The molecule has 23 heavy (non-hydrogen) atoms. The Morgan fingerprint density at radius 3 is 2.65 bits per heavy atom. The fourth-order valence-corrected chi connectivity index (χ4v) is 3.89. The molecule has 9 heteroatoms. The molecule has 0 amide bonds. The standard InChI is InChI=1S/C14H20O8S/c1-5-10(15)19-8-11(16)21-14(4)12(2)7-6-9(20-12)13(14,3)22-23(17)18/h5,9H,1,6-8H2,2-4H3,(H,17,18)/p-1. The van der Waals surface area contributed by atoms with E-state index in [9.17, 15) is 18.4 Å². The van der Waals surface area contributed by atoms with Gasteiger partial charge in [-0.25, -0.2) is 13.8 Å². The van der Waals surface area contributed by atoms with Gasteiger partial charge in [-0.05, 0) is 33.6 Å². The van der Waals surface area contributed by atoms with Crippen LogP contribution in [0.15, 0.2) is 12.7 Å². The number of ether oxygens (including phenoxy) is 3. The normalized spacial score (nSPS) is 39.7. The van der Waals surface area contributed by atoms with Gasteiger partial charge in [0, 0.05) is 6.08 Å². The molecule has 0 radical (unpaired) electrons. The third kappa shape index (κ3) is 2.82. The Labute approximate surface area is 136 Å². The summed E-state index contributed by atoms with van der Waals surface area (Å²) in [5.74, 6) is -1.59. The molecule has 0 N–H and O–H groups in total. The molecule has 130 valence electrons. The molecule has 2 saturated heterocycles. The van der Waals surface area contributed by atoms with E-state index in [1.807, 2.05) is 0 Å². The first-order valence-electron chi connectivity index (χ1n) is 7.05. The summed E-state index contributed by atoms with van der Waals surface area (Å²) in [4.78, 5) is 23.0. The summed E-state index contributed by atoms with van der Waals surface area (Å²) in [5, 5.41) is 0. The van der Waals surface area contributed by atoms with Gasteiger partial charge in [0.25, 0.3) is 0 Å². The monoisotopic (exact) mass is 347 g/mol. The van der Waals surface area contributed by atoms with E-state index in [4.69, 9.17) is 13.7 Å².